The van der Waals surface area contributed by atoms with E-state index in [9.17, 15) is 4.79 Å². The Morgan fingerprint density at radius 3 is 2.81 bits per heavy atom. The van der Waals surface area contributed by atoms with E-state index in [0.717, 1.165) is 9.35 Å². The molecule has 1 aromatic carbocycles. The predicted molar refractivity (Wildman–Crippen MR) is 71.6 cm³/mol. The summed E-state index contributed by atoms with van der Waals surface area (Å²) in [6.07, 6.45) is 0. The average molecular weight is 316 g/mol. The lowest BCUT2D eigenvalue weighted by Gasteiger charge is -2.03. The van der Waals surface area contributed by atoms with Crippen molar-refractivity contribution in [3.8, 4) is 0 Å². The van der Waals surface area contributed by atoms with Crippen LogP contribution >= 0.6 is 38.9 Å². The van der Waals surface area contributed by atoms with Crippen molar-refractivity contribution in [2.24, 2.45) is 0 Å². The molecule has 0 unspecified atom stereocenters. The number of carbonyl (C=O) groups is 1. The monoisotopic (exact) mass is 314 g/mol. The van der Waals surface area contributed by atoms with Gasteiger partial charge in [-0.1, -0.05) is 17.7 Å². The smallest absolute Gasteiger partial charge is 0.195 e. The first-order valence-corrected chi connectivity index (χ1v) is 6.68. The third-order valence-electron chi connectivity index (χ3n) is 2.19. The van der Waals surface area contributed by atoms with E-state index in [4.69, 9.17) is 11.6 Å². The van der Waals surface area contributed by atoms with Crippen molar-refractivity contribution in [1.82, 2.24) is 0 Å². The van der Waals surface area contributed by atoms with Crippen LogP contribution in [0.3, 0.4) is 0 Å². The summed E-state index contributed by atoms with van der Waals surface area (Å²) < 4.78 is 0.743. The zero-order chi connectivity index (χ0) is 11.7. The lowest BCUT2D eigenvalue weighted by Crippen LogP contribution is -2.00. The summed E-state index contributed by atoms with van der Waals surface area (Å²) in [7, 11) is 0. The van der Waals surface area contributed by atoms with Gasteiger partial charge >= 0.3 is 0 Å². The van der Waals surface area contributed by atoms with Crippen molar-refractivity contribution >= 4 is 44.7 Å². The number of thiophene rings is 1. The Hall–Kier alpha value is -0.640. The van der Waals surface area contributed by atoms with Gasteiger partial charge in [0.25, 0.3) is 0 Å². The molecule has 2 aromatic rings. The van der Waals surface area contributed by atoms with Crippen molar-refractivity contribution in [2.45, 2.75) is 6.92 Å². The van der Waals surface area contributed by atoms with Crippen molar-refractivity contribution < 1.29 is 4.79 Å². The number of benzene rings is 1. The van der Waals surface area contributed by atoms with E-state index in [2.05, 4.69) is 15.9 Å². The number of ketones is 1. The Labute approximate surface area is 111 Å². The van der Waals surface area contributed by atoms with Crippen molar-refractivity contribution in [1.29, 1.82) is 0 Å². The summed E-state index contributed by atoms with van der Waals surface area (Å²) in [5.41, 5.74) is 1.23. The molecule has 0 bridgehead atoms. The molecule has 2 rings (SSSR count). The first-order valence-electron chi connectivity index (χ1n) is 4.63. The Balaban J connectivity index is 2.45. The maximum atomic E-state index is 12.1. The first kappa shape index (κ1) is 11.8. The van der Waals surface area contributed by atoms with Crippen LogP contribution in [0.15, 0.2) is 34.1 Å². The summed E-state index contributed by atoms with van der Waals surface area (Å²) in [5.74, 6) is -0.0318. The lowest BCUT2D eigenvalue weighted by atomic mass is 10.1. The van der Waals surface area contributed by atoms with Crippen LogP contribution in [0.25, 0.3) is 0 Å². The van der Waals surface area contributed by atoms with E-state index in [1.54, 1.807) is 17.4 Å². The van der Waals surface area contributed by atoms with Crippen LogP contribution in [0.2, 0.25) is 5.02 Å². The molecular weight excluding hydrogens is 308 g/mol. The Bertz CT molecular complexity index is 548. The molecule has 0 saturated carbocycles. The predicted octanol–water partition coefficient (Wildman–Crippen LogP) is 4.70. The highest BCUT2D eigenvalue weighted by Crippen LogP contribution is 2.28. The minimum absolute atomic E-state index is 0.0318. The Kier molecular flexibility index (Phi) is 3.47. The van der Waals surface area contributed by atoms with Crippen LogP contribution < -0.4 is 0 Å². The van der Waals surface area contributed by atoms with Gasteiger partial charge in [-0.3, -0.25) is 4.79 Å². The quantitative estimate of drug-likeness (QED) is 0.734. The van der Waals surface area contributed by atoms with Gasteiger partial charge in [-0.25, -0.2) is 0 Å². The molecule has 0 saturated heterocycles. The minimum Gasteiger partial charge on any atom is -0.289 e. The van der Waals surface area contributed by atoms with Gasteiger partial charge in [-0.05, 0) is 41.1 Å². The number of aryl methyl sites for hydroxylation is 1. The molecule has 0 aliphatic rings. The summed E-state index contributed by atoms with van der Waals surface area (Å²) >= 11 is 11.0. The fraction of sp³-hybridized carbons (Fsp3) is 0.0833. The molecule has 0 spiro atoms. The standard InChI is InChI=1S/C12H8BrClOS/c1-7-5-8(6-16-7)12(15)9-3-2-4-10(13)11(9)14/h2-6H,1H3. The second-order valence-corrected chi connectivity index (χ2v) is 5.72. The van der Waals surface area contributed by atoms with Crippen LogP contribution in [0, 0.1) is 6.92 Å². The number of rotatable bonds is 2. The van der Waals surface area contributed by atoms with Crippen LogP contribution in [0.1, 0.15) is 20.8 Å². The fourth-order valence-corrected chi connectivity index (χ4v) is 2.66. The maximum Gasteiger partial charge on any atom is 0.195 e. The number of halogens is 2. The number of carbonyl (C=O) groups excluding carboxylic acids is 1. The highest BCUT2D eigenvalue weighted by atomic mass is 79.9. The van der Waals surface area contributed by atoms with Gasteiger partial charge in [-0.15, -0.1) is 11.3 Å². The molecule has 1 nitrogen and oxygen atoms in total. The zero-order valence-corrected chi connectivity index (χ0v) is 11.6. The Morgan fingerprint density at radius 1 is 1.44 bits per heavy atom. The van der Waals surface area contributed by atoms with Gasteiger partial charge in [0.15, 0.2) is 5.78 Å². The third-order valence-corrected chi connectivity index (χ3v) is 4.35. The summed E-state index contributed by atoms with van der Waals surface area (Å²) in [4.78, 5) is 13.3. The molecular formula is C12H8BrClOS. The van der Waals surface area contributed by atoms with Crippen molar-refractivity contribution in [3.05, 3.63) is 55.1 Å². The summed E-state index contributed by atoms with van der Waals surface area (Å²) in [5, 5.41) is 2.32. The molecule has 0 N–H and O–H groups in total. The highest BCUT2D eigenvalue weighted by molar-refractivity contribution is 9.10. The van der Waals surface area contributed by atoms with Gasteiger partial charge in [-0.2, -0.15) is 0 Å². The van der Waals surface area contributed by atoms with E-state index in [-0.39, 0.29) is 5.78 Å². The third kappa shape index (κ3) is 2.21. The van der Waals surface area contributed by atoms with Gasteiger partial charge < -0.3 is 0 Å². The molecule has 4 heteroatoms. The molecule has 0 radical (unpaired) electrons. The van der Waals surface area contributed by atoms with Gasteiger partial charge in [0.1, 0.15) is 0 Å². The first-order chi connectivity index (χ1) is 7.59. The van der Waals surface area contributed by atoms with Gasteiger partial charge in [0.05, 0.1) is 5.02 Å². The summed E-state index contributed by atoms with van der Waals surface area (Å²) in [6, 6.07) is 7.24. The summed E-state index contributed by atoms with van der Waals surface area (Å²) in [6.45, 7) is 1.98. The van der Waals surface area contributed by atoms with Crippen LogP contribution in [0.4, 0.5) is 0 Å². The van der Waals surface area contributed by atoms with E-state index in [0.29, 0.717) is 16.1 Å². The van der Waals surface area contributed by atoms with Crippen molar-refractivity contribution in [3.63, 3.8) is 0 Å². The molecule has 0 atom stereocenters. The minimum atomic E-state index is -0.0318. The van der Waals surface area contributed by atoms with E-state index in [1.165, 1.54) is 0 Å². The van der Waals surface area contributed by atoms with Crippen LogP contribution in [-0.2, 0) is 0 Å². The number of hydrogen-bond donors (Lipinski definition) is 0. The fourth-order valence-electron chi connectivity index (χ4n) is 1.40. The lowest BCUT2D eigenvalue weighted by molar-refractivity contribution is 0.103. The largest absolute Gasteiger partial charge is 0.289 e. The second kappa shape index (κ2) is 4.70. The number of hydrogen-bond acceptors (Lipinski definition) is 2. The maximum absolute atomic E-state index is 12.1. The van der Waals surface area contributed by atoms with Crippen LogP contribution in [-0.4, -0.2) is 5.78 Å². The molecule has 0 fully saturated rings. The molecule has 16 heavy (non-hydrogen) atoms. The molecule has 0 aliphatic carbocycles. The SMILES string of the molecule is Cc1cc(C(=O)c2cccc(Br)c2Cl)cs1. The molecule has 1 heterocycles. The highest BCUT2D eigenvalue weighted by Gasteiger charge is 2.15. The second-order valence-electron chi connectivity index (χ2n) is 3.38. The van der Waals surface area contributed by atoms with Crippen LogP contribution in [0.5, 0.6) is 0 Å². The molecule has 0 aliphatic heterocycles. The molecule has 0 amide bonds. The zero-order valence-electron chi connectivity index (χ0n) is 8.46. The van der Waals surface area contributed by atoms with E-state index >= 15 is 0 Å². The molecule has 82 valence electrons. The molecule has 1 aromatic heterocycles. The van der Waals surface area contributed by atoms with Crippen molar-refractivity contribution in [2.75, 3.05) is 0 Å². The van der Waals surface area contributed by atoms with E-state index in [1.807, 2.05) is 30.5 Å². The normalized spacial score (nSPS) is 10.4. The van der Waals surface area contributed by atoms with E-state index < -0.39 is 0 Å². The average Bonchev–Trinajstić information content (AvgIpc) is 2.68. The Morgan fingerprint density at radius 2 is 2.19 bits per heavy atom. The van der Waals surface area contributed by atoms with Gasteiger partial charge in [0, 0.05) is 25.9 Å². The topological polar surface area (TPSA) is 17.1 Å². The van der Waals surface area contributed by atoms with Gasteiger partial charge in [0.2, 0.25) is 0 Å².